The van der Waals surface area contributed by atoms with Crippen LogP contribution in [0.3, 0.4) is 0 Å². The third-order valence-corrected chi connectivity index (χ3v) is 6.20. The van der Waals surface area contributed by atoms with Gasteiger partial charge in [0.1, 0.15) is 6.04 Å². The molecule has 7 nitrogen and oxygen atoms in total. The molecule has 1 unspecified atom stereocenters. The summed E-state index contributed by atoms with van der Waals surface area (Å²) < 4.78 is 5.33. The van der Waals surface area contributed by atoms with Crippen molar-refractivity contribution >= 4 is 46.7 Å². The van der Waals surface area contributed by atoms with Crippen LogP contribution >= 0.6 is 23.8 Å². The van der Waals surface area contributed by atoms with Crippen LogP contribution in [0.2, 0.25) is 5.02 Å². The summed E-state index contributed by atoms with van der Waals surface area (Å²) in [5, 5.41) is 6.15. The highest BCUT2D eigenvalue weighted by Crippen LogP contribution is 2.17. The Bertz CT molecular complexity index is 1020. The van der Waals surface area contributed by atoms with E-state index in [0.29, 0.717) is 31.0 Å². The number of nitrogens with zero attached hydrogens (tertiary/aromatic N) is 1. The summed E-state index contributed by atoms with van der Waals surface area (Å²) in [6.07, 6.45) is 2.00. The molecule has 180 valence electrons. The quantitative estimate of drug-likeness (QED) is 0.312. The number of thiocarbonyl (C=S) groups is 1. The third-order valence-electron chi connectivity index (χ3n) is 5.49. The van der Waals surface area contributed by atoms with Crippen LogP contribution < -0.4 is 10.6 Å². The Balaban J connectivity index is 1.46. The van der Waals surface area contributed by atoms with Crippen LogP contribution in [0.1, 0.15) is 30.4 Å². The van der Waals surface area contributed by atoms with E-state index in [1.807, 2.05) is 48.5 Å². The second-order valence-corrected chi connectivity index (χ2v) is 8.75. The van der Waals surface area contributed by atoms with Crippen molar-refractivity contribution in [2.24, 2.45) is 0 Å². The highest BCUT2D eigenvalue weighted by Gasteiger charge is 2.34. The van der Waals surface area contributed by atoms with Gasteiger partial charge in [-0.05, 0) is 48.7 Å². The van der Waals surface area contributed by atoms with Crippen LogP contribution in [-0.4, -0.2) is 53.5 Å². The molecule has 2 amide bonds. The summed E-state index contributed by atoms with van der Waals surface area (Å²) in [5.74, 6) is -1.08. The van der Waals surface area contributed by atoms with Gasteiger partial charge in [-0.3, -0.25) is 14.4 Å². The van der Waals surface area contributed by atoms with Crippen LogP contribution in [0.5, 0.6) is 0 Å². The topological polar surface area (TPSA) is 87.7 Å². The molecule has 0 aliphatic carbocycles. The second kappa shape index (κ2) is 13.1. The zero-order chi connectivity index (χ0) is 24.3. The van der Waals surface area contributed by atoms with E-state index in [9.17, 15) is 14.4 Å². The number of benzene rings is 2. The maximum Gasteiger partial charge on any atom is 0.308 e. The molecule has 34 heavy (non-hydrogen) atoms. The highest BCUT2D eigenvalue weighted by atomic mass is 35.5. The Hall–Kier alpha value is -2.97. The smallest absolute Gasteiger partial charge is 0.308 e. The molecule has 2 aromatic rings. The van der Waals surface area contributed by atoms with Crippen molar-refractivity contribution in [1.82, 2.24) is 15.5 Å². The number of halogens is 1. The SMILES string of the molecule is O=C(CCc1ccccc1Cl)NC(=S)N1CCNC(=O)C1CC(=O)OCCCc1ccccc1. The molecule has 1 fully saturated rings. The first-order chi connectivity index (χ1) is 16.4. The highest BCUT2D eigenvalue weighted by molar-refractivity contribution is 7.80. The molecule has 1 aliphatic rings. The number of amides is 2. The first-order valence-corrected chi connectivity index (χ1v) is 12.0. The lowest BCUT2D eigenvalue weighted by Crippen LogP contribution is -2.60. The van der Waals surface area contributed by atoms with Crippen molar-refractivity contribution in [1.29, 1.82) is 0 Å². The molecule has 0 saturated carbocycles. The predicted molar refractivity (Wildman–Crippen MR) is 134 cm³/mol. The Morgan fingerprint density at radius 3 is 2.62 bits per heavy atom. The number of nitrogens with one attached hydrogen (secondary N) is 2. The molecule has 1 heterocycles. The fourth-order valence-electron chi connectivity index (χ4n) is 3.69. The zero-order valence-corrected chi connectivity index (χ0v) is 20.4. The van der Waals surface area contributed by atoms with Gasteiger partial charge in [-0.25, -0.2) is 0 Å². The summed E-state index contributed by atoms with van der Waals surface area (Å²) in [6, 6.07) is 16.4. The lowest BCUT2D eigenvalue weighted by Gasteiger charge is -2.36. The largest absolute Gasteiger partial charge is 0.466 e. The van der Waals surface area contributed by atoms with Crippen LogP contribution in [0.4, 0.5) is 0 Å². The number of ether oxygens (including phenoxy) is 1. The molecule has 0 aromatic heterocycles. The maximum atomic E-state index is 12.4. The monoisotopic (exact) mass is 501 g/mol. The van der Waals surface area contributed by atoms with Crippen LogP contribution in [0.15, 0.2) is 54.6 Å². The first-order valence-electron chi connectivity index (χ1n) is 11.2. The molecular weight excluding hydrogens is 474 g/mol. The molecule has 0 bridgehead atoms. The van der Waals surface area contributed by atoms with E-state index >= 15 is 0 Å². The standard InChI is InChI=1S/C25H28ClN3O4S/c26-20-11-5-4-10-19(20)12-13-22(30)28-25(34)29-15-14-27-24(32)21(29)17-23(31)33-16-6-9-18-7-2-1-3-8-18/h1-5,7-8,10-11,21H,6,9,12-17H2,(H,27,32)(H,28,30,34). The molecule has 3 rings (SSSR count). The van der Waals surface area contributed by atoms with E-state index in [2.05, 4.69) is 10.6 Å². The van der Waals surface area contributed by atoms with Gasteiger partial charge in [-0.2, -0.15) is 0 Å². The minimum absolute atomic E-state index is 0.126. The van der Waals surface area contributed by atoms with Gasteiger partial charge < -0.3 is 20.3 Å². The van der Waals surface area contributed by atoms with E-state index in [1.54, 1.807) is 11.0 Å². The number of esters is 1. The van der Waals surface area contributed by atoms with Crippen LogP contribution in [0, 0.1) is 0 Å². The zero-order valence-electron chi connectivity index (χ0n) is 18.8. The van der Waals surface area contributed by atoms with Crippen LogP contribution in [-0.2, 0) is 32.0 Å². The molecule has 2 aromatic carbocycles. The lowest BCUT2D eigenvalue weighted by atomic mass is 10.1. The fourth-order valence-corrected chi connectivity index (χ4v) is 4.25. The average molecular weight is 502 g/mol. The second-order valence-electron chi connectivity index (χ2n) is 7.96. The van der Waals surface area contributed by atoms with E-state index in [4.69, 9.17) is 28.6 Å². The molecule has 2 N–H and O–H groups in total. The van der Waals surface area contributed by atoms with Gasteiger partial charge in [0, 0.05) is 24.5 Å². The van der Waals surface area contributed by atoms with Gasteiger partial charge in [0.15, 0.2) is 5.11 Å². The van der Waals surface area contributed by atoms with Gasteiger partial charge in [-0.15, -0.1) is 0 Å². The summed E-state index contributed by atoms with van der Waals surface area (Å²) in [7, 11) is 0. The van der Waals surface area contributed by atoms with Gasteiger partial charge >= 0.3 is 5.97 Å². The molecule has 0 radical (unpaired) electrons. The van der Waals surface area contributed by atoms with E-state index in [-0.39, 0.29) is 36.4 Å². The summed E-state index contributed by atoms with van der Waals surface area (Å²) in [5.41, 5.74) is 2.04. The van der Waals surface area contributed by atoms with E-state index in [1.165, 1.54) is 5.56 Å². The van der Waals surface area contributed by atoms with Crippen molar-refractivity contribution in [3.8, 4) is 0 Å². The number of rotatable bonds is 9. The van der Waals surface area contributed by atoms with Crippen molar-refractivity contribution in [2.45, 2.75) is 38.1 Å². The van der Waals surface area contributed by atoms with Gasteiger partial charge in [-0.1, -0.05) is 60.1 Å². The average Bonchev–Trinajstić information content (AvgIpc) is 2.83. The number of carbonyl (C=O) groups excluding carboxylic acids is 3. The Kier molecular flexibility index (Phi) is 9.85. The fraction of sp³-hybridized carbons (Fsp3) is 0.360. The van der Waals surface area contributed by atoms with Crippen molar-refractivity contribution in [2.75, 3.05) is 19.7 Å². The molecule has 1 saturated heterocycles. The van der Waals surface area contributed by atoms with E-state index < -0.39 is 12.0 Å². The van der Waals surface area contributed by atoms with Gasteiger partial charge in [0.05, 0.1) is 13.0 Å². The maximum absolute atomic E-state index is 12.4. The molecule has 1 atom stereocenters. The summed E-state index contributed by atoms with van der Waals surface area (Å²) in [6.45, 7) is 1.03. The summed E-state index contributed by atoms with van der Waals surface area (Å²) in [4.78, 5) is 38.8. The molecule has 0 spiro atoms. The number of carbonyl (C=O) groups is 3. The molecule has 1 aliphatic heterocycles. The number of aryl methyl sites for hydroxylation is 2. The van der Waals surface area contributed by atoms with Crippen molar-refractivity contribution in [3.05, 3.63) is 70.7 Å². The minimum atomic E-state index is -0.827. The number of hydrogen-bond acceptors (Lipinski definition) is 5. The third kappa shape index (κ3) is 7.81. The van der Waals surface area contributed by atoms with Crippen LogP contribution in [0.25, 0.3) is 0 Å². The predicted octanol–water partition coefficient (Wildman–Crippen LogP) is 3.04. The molecule has 9 heteroatoms. The van der Waals surface area contributed by atoms with Crippen molar-refractivity contribution in [3.63, 3.8) is 0 Å². The number of piperazine rings is 1. The minimum Gasteiger partial charge on any atom is -0.466 e. The molecular formula is C25H28ClN3O4S. The van der Waals surface area contributed by atoms with Gasteiger partial charge in [0.25, 0.3) is 0 Å². The Labute approximate surface area is 209 Å². The van der Waals surface area contributed by atoms with Crippen molar-refractivity contribution < 1.29 is 19.1 Å². The Morgan fingerprint density at radius 2 is 1.85 bits per heavy atom. The van der Waals surface area contributed by atoms with Gasteiger partial charge in [0.2, 0.25) is 11.8 Å². The lowest BCUT2D eigenvalue weighted by molar-refractivity contribution is -0.147. The van der Waals surface area contributed by atoms with E-state index in [0.717, 1.165) is 12.0 Å². The Morgan fingerprint density at radius 1 is 1.12 bits per heavy atom. The normalized spacial score (nSPS) is 15.4. The summed E-state index contributed by atoms with van der Waals surface area (Å²) >= 11 is 11.5. The first kappa shape index (κ1) is 25.6. The number of hydrogen-bond donors (Lipinski definition) is 2.